The summed E-state index contributed by atoms with van der Waals surface area (Å²) in [6.07, 6.45) is 7.57. The third-order valence-corrected chi connectivity index (χ3v) is 6.28. The molecule has 1 aromatic rings. The standard InChI is InChI=1S/C19H30N4O/c1-13-17(22-15-11-19(12-15)9-14(20)10-19)3-4-18(21-13)23-7-5-16(24-2)6-8-23/h3-4,14-16,22H,5-12,20H2,1-2H3. The number of anilines is 2. The van der Waals surface area contributed by atoms with Crippen LogP contribution in [0.1, 0.15) is 44.2 Å². The molecule has 132 valence electrons. The second-order valence-electron chi connectivity index (χ2n) is 8.14. The van der Waals surface area contributed by atoms with Gasteiger partial charge in [0.15, 0.2) is 0 Å². The zero-order valence-electron chi connectivity index (χ0n) is 14.9. The normalized spacial score (nSPS) is 33.2. The first kappa shape index (κ1) is 16.2. The number of ether oxygens (including phenoxy) is 1. The van der Waals surface area contributed by atoms with Gasteiger partial charge in [-0.2, -0.15) is 0 Å². The zero-order valence-corrected chi connectivity index (χ0v) is 14.9. The monoisotopic (exact) mass is 330 g/mol. The first-order valence-electron chi connectivity index (χ1n) is 9.34. The lowest BCUT2D eigenvalue weighted by atomic mass is 9.52. The Morgan fingerprint density at radius 1 is 1.21 bits per heavy atom. The Balaban J connectivity index is 1.33. The summed E-state index contributed by atoms with van der Waals surface area (Å²) in [5.41, 5.74) is 8.81. The van der Waals surface area contributed by atoms with Gasteiger partial charge < -0.3 is 20.7 Å². The van der Waals surface area contributed by atoms with Crippen LogP contribution in [0.4, 0.5) is 11.5 Å². The molecule has 1 spiro atoms. The molecule has 4 rings (SSSR count). The SMILES string of the molecule is COC1CCN(c2ccc(NC3CC4(CC(N)C4)C3)c(C)n2)CC1. The highest BCUT2D eigenvalue weighted by Crippen LogP contribution is 2.55. The molecule has 3 fully saturated rings. The molecule has 2 aliphatic carbocycles. The van der Waals surface area contributed by atoms with Crippen molar-refractivity contribution in [3.63, 3.8) is 0 Å². The number of nitrogens with one attached hydrogen (secondary N) is 1. The fourth-order valence-corrected chi connectivity index (χ4v) is 4.89. The molecule has 2 heterocycles. The minimum atomic E-state index is 0.411. The third-order valence-electron chi connectivity index (χ3n) is 6.28. The molecule has 1 aromatic heterocycles. The van der Waals surface area contributed by atoms with Gasteiger partial charge in [-0.3, -0.25) is 0 Å². The Bertz CT molecular complexity index is 583. The molecule has 0 amide bonds. The van der Waals surface area contributed by atoms with Crippen LogP contribution in [0.5, 0.6) is 0 Å². The van der Waals surface area contributed by atoms with Crippen LogP contribution in [-0.4, -0.2) is 43.4 Å². The molecule has 0 bridgehead atoms. The first-order chi connectivity index (χ1) is 11.6. The van der Waals surface area contributed by atoms with Gasteiger partial charge in [0.05, 0.1) is 17.5 Å². The Morgan fingerprint density at radius 2 is 1.92 bits per heavy atom. The van der Waals surface area contributed by atoms with Gasteiger partial charge in [-0.15, -0.1) is 0 Å². The number of hydrogen-bond acceptors (Lipinski definition) is 5. The molecule has 2 saturated carbocycles. The number of pyridine rings is 1. The van der Waals surface area contributed by atoms with Crippen LogP contribution >= 0.6 is 0 Å². The molecule has 0 aromatic carbocycles. The van der Waals surface area contributed by atoms with Gasteiger partial charge in [0.1, 0.15) is 5.82 Å². The molecular formula is C19H30N4O. The van der Waals surface area contributed by atoms with E-state index in [-0.39, 0.29) is 0 Å². The molecule has 1 saturated heterocycles. The van der Waals surface area contributed by atoms with Crippen molar-refractivity contribution < 1.29 is 4.74 Å². The van der Waals surface area contributed by atoms with E-state index in [1.165, 1.54) is 31.4 Å². The van der Waals surface area contributed by atoms with E-state index in [0.29, 0.717) is 23.6 Å². The van der Waals surface area contributed by atoms with Crippen LogP contribution in [0.2, 0.25) is 0 Å². The van der Waals surface area contributed by atoms with Gasteiger partial charge in [-0.05, 0) is 63.0 Å². The Kier molecular flexibility index (Phi) is 4.17. The predicted molar refractivity (Wildman–Crippen MR) is 97.5 cm³/mol. The summed E-state index contributed by atoms with van der Waals surface area (Å²) in [5.74, 6) is 1.10. The Morgan fingerprint density at radius 3 is 2.50 bits per heavy atom. The van der Waals surface area contributed by atoms with E-state index in [2.05, 4.69) is 29.3 Å². The van der Waals surface area contributed by atoms with Crippen LogP contribution in [0.3, 0.4) is 0 Å². The Hall–Kier alpha value is -1.33. The molecular weight excluding hydrogens is 300 g/mol. The van der Waals surface area contributed by atoms with E-state index < -0.39 is 0 Å². The van der Waals surface area contributed by atoms with Gasteiger partial charge in [0, 0.05) is 32.3 Å². The molecule has 24 heavy (non-hydrogen) atoms. The van der Waals surface area contributed by atoms with Gasteiger partial charge in [0.25, 0.3) is 0 Å². The average Bonchev–Trinajstić information content (AvgIpc) is 2.53. The largest absolute Gasteiger partial charge is 0.381 e. The van der Waals surface area contributed by atoms with Crippen molar-refractivity contribution in [1.29, 1.82) is 0 Å². The minimum absolute atomic E-state index is 0.411. The lowest BCUT2D eigenvalue weighted by Gasteiger charge is -2.57. The molecule has 0 radical (unpaired) electrons. The van der Waals surface area contributed by atoms with Crippen molar-refractivity contribution in [2.75, 3.05) is 30.4 Å². The summed E-state index contributed by atoms with van der Waals surface area (Å²) in [6, 6.07) is 5.42. The highest BCUT2D eigenvalue weighted by atomic mass is 16.5. The van der Waals surface area contributed by atoms with E-state index in [1.807, 2.05) is 7.11 Å². The fourth-order valence-electron chi connectivity index (χ4n) is 4.89. The van der Waals surface area contributed by atoms with Crippen molar-refractivity contribution in [2.45, 2.75) is 63.6 Å². The smallest absolute Gasteiger partial charge is 0.128 e. The Labute approximate surface area is 145 Å². The number of aromatic nitrogens is 1. The topological polar surface area (TPSA) is 63.4 Å². The van der Waals surface area contributed by atoms with Gasteiger partial charge in [-0.1, -0.05) is 0 Å². The van der Waals surface area contributed by atoms with Gasteiger partial charge >= 0.3 is 0 Å². The second kappa shape index (κ2) is 6.19. The van der Waals surface area contributed by atoms with Crippen LogP contribution in [0.25, 0.3) is 0 Å². The van der Waals surface area contributed by atoms with Crippen molar-refractivity contribution in [1.82, 2.24) is 4.98 Å². The van der Waals surface area contributed by atoms with E-state index in [0.717, 1.165) is 37.4 Å². The molecule has 0 unspecified atom stereocenters. The quantitative estimate of drug-likeness (QED) is 0.889. The lowest BCUT2D eigenvalue weighted by Crippen LogP contribution is -2.57. The van der Waals surface area contributed by atoms with E-state index in [1.54, 1.807) is 0 Å². The van der Waals surface area contributed by atoms with Crippen molar-refractivity contribution in [2.24, 2.45) is 11.1 Å². The summed E-state index contributed by atoms with van der Waals surface area (Å²) < 4.78 is 5.45. The fraction of sp³-hybridized carbons (Fsp3) is 0.737. The lowest BCUT2D eigenvalue weighted by molar-refractivity contribution is 0.00118. The minimum Gasteiger partial charge on any atom is -0.381 e. The number of hydrogen-bond donors (Lipinski definition) is 2. The first-order valence-corrected chi connectivity index (χ1v) is 9.34. The molecule has 0 atom stereocenters. The number of rotatable bonds is 4. The highest BCUT2D eigenvalue weighted by molar-refractivity contribution is 5.54. The van der Waals surface area contributed by atoms with E-state index in [4.69, 9.17) is 15.5 Å². The maximum absolute atomic E-state index is 5.95. The summed E-state index contributed by atoms with van der Waals surface area (Å²) in [6.45, 7) is 4.17. The maximum atomic E-state index is 5.95. The zero-order chi connectivity index (χ0) is 16.7. The summed E-state index contributed by atoms with van der Waals surface area (Å²) in [7, 11) is 1.81. The van der Waals surface area contributed by atoms with Crippen molar-refractivity contribution in [3.8, 4) is 0 Å². The second-order valence-corrected chi connectivity index (χ2v) is 8.14. The number of methoxy groups -OCH3 is 1. The number of piperidine rings is 1. The van der Waals surface area contributed by atoms with Crippen LogP contribution < -0.4 is 16.0 Å². The highest BCUT2D eigenvalue weighted by Gasteiger charge is 2.51. The average molecular weight is 330 g/mol. The van der Waals surface area contributed by atoms with Crippen LogP contribution in [0, 0.1) is 12.3 Å². The number of nitrogens with zero attached hydrogens (tertiary/aromatic N) is 2. The van der Waals surface area contributed by atoms with Crippen molar-refractivity contribution >= 4 is 11.5 Å². The van der Waals surface area contributed by atoms with E-state index in [9.17, 15) is 0 Å². The third kappa shape index (κ3) is 3.00. The van der Waals surface area contributed by atoms with Crippen LogP contribution in [0.15, 0.2) is 12.1 Å². The molecule has 5 heteroatoms. The van der Waals surface area contributed by atoms with Gasteiger partial charge in [-0.25, -0.2) is 4.98 Å². The van der Waals surface area contributed by atoms with Gasteiger partial charge in [0.2, 0.25) is 0 Å². The summed E-state index contributed by atoms with van der Waals surface area (Å²) in [4.78, 5) is 7.22. The molecule has 3 aliphatic rings. The maximum Gasteiger partial charge on any atom is 0.128 e. The summed E-state index contributed by atoms with van der Waals surface area (Å²) >= 11 is 0. The van der Waals surface area contributed by atoms with E-state index >= 15 is 0 Å². The molecule has 3 N–H and O–H groups in total. The van der Waals surface area contributed by atoms with Crippen molar-refractivity contribution in [3.05, 3.63) is 17.8 Å². The molecule has 1 aliphatic heterocycles. The van der Waals surface area contributed by atoms with Crippen LogP contribution in [-0.2, 0) is 4.74 Å². The number of aryl methyl sites for hydroxylation is 1. The number of nitrogens with two attached hydrogens (primary N) is 1. The predicted octanol–water partition coefficient (Wildman–Crippen LogP) is 2.69. The summed E-state index contributed by atoms with van der Waals surface area (Å²) in [5, 5.41) is 3.69. The molecule has 5 nitrogen and oxygen atoms in total.